The van der Waals surface area contributed by atoms with Crippen LogP contribution in [0.4, 0.5) is 11.5 Å². The topological polar surface area (TPSA) is 104 Å². The molecule has 0 amide bonds. The number of aryl methyl sites for hydroxylation is 1. The smallest absolute Gasteiger partial charge is 0.246 e. The first-order chi connectivity index (χ1) is 17.0. The molecule has 11 heteroatoms. The maximum Gasteiger partial charge on any atom is 0.246 e. The first-order valence-electron chi connectivity index (χ1n) is 11.4. The highest BCUT2D eigenvalue weighted by atomic mass is 35.5. The maximum absolute atomic E-state index is 6.49. The second-order valence-electron chi connectivity index (χ2n) is 8.48. The molecule has 0 radical (unpaired) electrons. The summed E-state index contributed by atoms with van der Waals surface area (Å²) < 4.78 is 11.9. The summed E-state index contributed by atoms with van der Waals surface area (Å²) in [5, 5.41) is 11.7. The molecule has 1 aliphatic heterocycles. The third kappa shape index (κ3) is 5.61. The Bertz CT molecular complexity index is 1290. The Labute approximate surface area is 208 Å². The van der Waals surface area contributed by atoms with Gasteiger partial charge in [-0.15, -0.1) is 5.10 Å². The third-order valence-electron chi connectivity index (χ3n) is 5.87. The zero-order valence-electron chi connectivity index (χ0n) is 19.7. The standard InChI is InChI=1S/C24H27ClN8O2/c1-16-3-5-18(14-26-16)35-20-6-4-17(13-19(20)25)29-22-21-23(28-15-27-22)30-31-24(21)34-12-11-33-9-7-32(2)8-10-33/h3-6,13-15H,7-12H2,1-2H3,(H2,27,28,29,30,31). The van der Waals surface area contributed by atoms with E-state index in [2.05, 4.69) is 47.3 Å². The van der Waals surface area contributed by atoms with E-state index in [0.717, 1.165) is 44.1 Å². The van der Waals surface area contributed by atoms with Crippen LogP contribution in [-0.2, 0) is 0 Å². The fraction of sp³-hybridized carbons (Fsp3) is 0.333. The summed E-state index contributed by atoms with van der Waals surface area (Å²) in [4.78, 5) is 17.7. The number of hydrogen-bond donors (Lipinski definition) is 2. The fourth-order valence-corrected chi connectivity index (χ4v) is 4.03. The zero-order valence-corrected chi connectivity index (χ0v) is 20.4. The maximum atomic E-state index is 6.49. The van der Waals surface area contributed by atoms with Crippen molar-refractivity contribution >= 4 is 34.1 Å². The lowest BCUT2D eigenvalue weighted by Gasteiger charge is -2.32. The summed E-state index contributed by atoms with van der Waals surface area (Å²) in [5.74, 6) is 2.19. The fourth-order valence-electron chi connectivity index (χ4n) is 3.81. The minimum atomic E-state index is 0.455. The Morgan fingerprint density at radius 1 is 1.09 bits per heavy atom. The van der Waals surface area contributed by atoms with Crippen LogP contribution in [0.2, 0.25) is 5.02 Å². The summed E-state index contributed by atoms with van der Waals surface area (Å²) in [6.45, 7) is 7.51. The molecule has 1 fully saturated rings. The molecule has 0 unspecified atom stereocenters. The van der Waals surface area contributed by atoms with E-state index in [1.165, 1.54) is 6.33 Å². The number of halogens is 1. The van der Waals surface area contributed by atoms with Gasteiger partial charge in [0.05, 0.1) is 11.2 Å². The average molecular weight is 495 g/mol. The molecule has 2 N–H and O–H groups in total. The third-order valence-corrected chi connectivity index (χ3v) is 6.17. The van der Waals surface area contributed by atoms with Gasteiger partial charge in [0.1, 0.15) is 35.6 Å². The number of H-pyrrole nitrogens is 1. The molecule has 1 aromatic carbocycles. The van der Waals surface area contributed by atoms with Gasteiger partial charge in [-0.3, -0.25) is 15.0 Å². The van der Waals surface area contributed by atoms with E-state index >= 15 is 0 Å². The van der Waals surface area contributed by atoms with Gasteiger partial charge >= 0.3 is 0 Å². The molecule has 10 nitrogen and oxygen atoms in total. The monoisotopic (exact) mass is 494 g/mol. The first kappa shape index (κ1) is 23.3. The summed E-state index contributed by atoms with van der Waals surface area (Å²) in [7, 11) is 2.15. The number of rotatable bonds is 8. The number of likely N-dealkylation sites (N-methyl/N-ethyl adjacent to an activating group) is 1. The minimum absolute atomic E-state index is 0.455. The summed E-state index contributed by atoms with van der Waals surface area (Å²) in [6.07, 6.45) is 3.14. The van der Waals surface area contributed by atoms with Crippen molar-refractivity contribution in [2.75, 3.05) is 51.7 Å². The Morgan fingerprint density at radius 2 is 1.94 bits per heavy atom. The van der Waals surface area contributed by atoms with E-state index in [1.54, 1.807) is 18.3 Å². The van der Waals surface area contributed by atoms with Crippen LogP contribution in [0.15, 0.2) is 42.9 Å². The van der Waals surface area contributed by atoms with Gasteiger partial charge < -0.3 is 19.7 Å². The van der Waals surface area contributed by atoms with E-state index in [9.17, 15) is 0 Å². The van der Waals surface area contributed by atoms with Crippen LogP contribution in [0, 0.1) is 6.92 Å². The van der Waals surface area contributed by atoms with Crippen LogP contribution in [0.3, 0.4) is 0 Å². The summed E-state index contributed by atoms with van der Waals surface area (Å²) in [5.41, 5.74) is 2.25. The molecular formula is C24H27ClN8O2. The Balaban J connectivity index is 1.28. The van der Waals surface area contributed by atoms with Gasteiger partial charge in [-0.25, -0.2) is 9.97 Å². The predicted molar refractivity (Wildman–Crippen MR) is 135 cm³/mol. The lowest BCUT2D eigenvalue weighted by atomic mass is 10.2. The lowest BCUT2D eigenvalue weighted by Crippen LogP contribution is -2.45. The average Bonchev–Trinajstić information content (AvgIpc) is 3.27. The van der Waals surface area contributed by atoms with Crippen molar-refractivity contribution in [1.82, 2.24) is 34.9 Å². The number of pyridine rings is 1. The quantitative estimate of drug-likeness (QED) is 0.377. The largest absolute Gasteiger partial charge is 0.475 e. The van der Waals surface area contributed by atoms with E-state index < -0.39 is 0 Å². The van der Waals surface area contributed by atoms with E-state index in [1.807, 2.05) is 25.1 Å². The number of anilines is 2. The number of aromatic nitrogens is 5. The number of piperazine rings is 1. The van der Waals surface area contributed by atoms with Crippen LogP contribution in [0.25, 0.3) is 11.0 Å². The number of nitrogens with one attached hydrogen (secondary N) is 2. The van der Waals surface area contributed by atoms with Gasteiger partial charge in [-0.05, 0) is 44.3 Å². The van der Waals surface area contributed by atoms with E-state index in [0.29, 0.717) is 45.9 Å². The highest BCUT2D eigenvalue weighted by molar-refractivity contribution is 6.32. The molecular weight excluding hydrogens is 468 g/mol. The molecule has 0 atom stereocenters. The highest BCUT2D eigenvalue weighted by Crippen LogP contribution is 2.34. The van der Waals surface area contributed by atoms with Gasteiger partial charge in [-0.2, -0.15) is 0 Å². The molecule has 4 aromatic rings. The minimum Gasteiger partial charge on any atom is -0.475 e. The van der Waals surface area contributed by atoms with Crippen molar-refractivity contribution in [1.29, 1.82) is 0 Å². The van der Waals surface area contributed by atoms with Crippen molar-refractivity contribution in [3.05, 3.63) is 53.6 Å². The summed E-state index contributed by atoms with van der Waals surface area (Å²) in [6, 6.07) is 9.18. The van der Waals surface area contributed by atoms with Crippen LogP contribution in [0.1, 0.15) is 5.69 Å². The van der Waals surface area contributed by atoms with Gasteiger partial charge in [0.15, 0.2) is 5.65 Å². The van der Waals surface area contributed by atoms with E-state index in [4.69, 9.17) is 21.1 Å². The molecule has 5 rings (SSSR count). The molecule has 3 aromatic heterocycles. The molecule has 0 saturated carbocycles. The van der Waals surface area contributed by atoms with E-state index in [-0.39, 0.29) is 0 Å². The lowest BCUT2D eigenvalue weighted by molar-refractivity contribution is 0.133. The van der Waals surface area contributed by atoms with Crippen molar-refractivity contribution in [3.8, 4) is 17.4 Å². The second kappa shape index (κ2) is 10.4. The van der Waals surface area contributed by atoms with Gasteiger partial charge in [-0.1, -0.05) is 11.6 Å². The molecule has 1 saturated heterocycles. The van der Waals surface area contributed by atoms with Crippen molar-refractivity contribution in [2.45, 2.75) is 6.92 Å². The molecule has 182 valence electrons. The number of nitrogens with zero attached hydrogens (tertiary/aromatic N) is 6. The first-order valence-corrected chi connectivity index (χ1v) is 11.8. The zero-order chi connectivity index (χ0) is 24.2. The number of aromatic amines is 1. The van der Waals surface area contributed by atoms with Crippen LogP contribution >= 0.6 is 11.6 Å². The van der Waals surface area contributed by atoms with Crippen LogP contribution in [-0.4, -0.2) is 81.3 Å². The van der Waals surface area contributed by atoms with Crippen molar-refractivity contribution < 1.29 is 9.47 Å². The number of hydrogen-bond acceptors (Lipinski definition) is 9. The normalized spacial score (nSPS) is 14.8. The number of fused-ring (bicyclic) bond motifs is 1. The number of benzene rings is 1. The Kier molecular flexibility index (Phi) is 6.94. The Hall–Kier alpha value is -3.47. The van der Waals surface area contributed by atoms with Gasteiger partial charge in [0.25, 0.3) is 0 Å². The summed E-state index contributed by atoms with van der Waals surface area (Å²) >= 11 is 6.49. The molecule has 0 bridgehead atoms. The molecule has 1 aliphatic rings. The van der Waals surface area contributed by atoms with Crippen molar-refractivity contribution in [2.24, 2.45) is 0 Å². The Morgan fingerprint density at radius 3 is 2.71 bits per heavy atom. The van der Waals surface area contributed by atoms with Gasteiger partial charge in [0, 0.05) is 44.1 Å². The molecule has 0 aliphatic carbocycles. The van der Waals surface area contributed by atoms with Gasteiger partial charge in [0.2, 0.25) is 5.88 Å². The second-order valence-corrected chi connectivity index (χ2v) is 8.88. The van der Waals surface area contributed by atoms with Crippen LogP contribution < -0.4 is 14.8 Å². The van der Waals surface area contributed by atoms with Crippen molar-refractivity contribution in [3.63, 3.8) is 0 Å². The highest BCUT2D eigenvalue weighted by Gasteiger charge is 2.17. The van der Waals surface area contributed by atoms with Crippen LogP contribution in [0.5, 0.6) is 17.4 Å². The predicted octanol–water partition coefficient (Wildman–Crippen LogP) is 3.87. The number of ether oxygens (including phenoxy) is 2. The molecule has 0 spiro atoms. The SMILES string of the molecule is Cc1ccc(Oc2ccc(Nc3ncnc4[nH]nc(OCCN5CCN(C)CC5)c34)cc2Cl)cn1. The molecule has 4 heterocycles. The molecule has 35 heavy (non-hydrogen) atoms.